The van der Waals surface area contributed by atoms with Gasteiger partial charge in [-0.3, -0.25) is 0 Å². The van der Waals surface area contributed by atoms with Gasteiger partial charge in [-0.2, -0.15) is 4.31 Å². The summed E-state index contributed by atoms with van der Waals surface area (Å²) >= 11 is 0. The molecule has 2 atom stereocenters. The number of nitrogens with zero attached hydrogens (tertiary/aromatic N) is 1. The van der Waals surface area contributed by atoms with Gasteiger partial charge in [-0.05, 0) is 36.5 Å². The van der Waals surface area contributed by atoms with Crippen LogP contribution in [-0.2, 0) is 15.8 Å². The molecule has 0 bridgehead atoms. The highest BCUT2D eigenvalue weighted by Gasteiger charge is 2.33. The molecule has 1 aromatic carbocycles. The Bertz CT molecular complexity index is 551. The Morgan fingerprint density at radius 3 is 2.52 bits per heavy atom. The molecule has 21 heavy (non-hydrogen) atoms. The number of hydrogen-bond donors (Lipinski definition) is 1. The molecule has 0 amide bonds. The Morgan fingerprint density at radius 2 is 1.95 bits per heavy atom. The third-order valence-corrected chi connectivity index (χ3v) is 5.71. The highest BCUT2D eigenvalue weighted by atomic mass is 35.5. The lowest BCUT2D eigenvalue weighted by Crippen LogP contribution is -2.49. The zero-order chi connectivity index (χ0) is 14.8. The van der Waals surface area contributed by atoms with Crippen molar-refractivity contribution >= 4 is 22.4 Å². The normalized spacial score (nSPS) is 23.6. The first-order chi connectivity index (χ1) is 9.42. The summed E-state index contributed by atoms with van der Waals surface area (Å²) < 4.78 is 39.4. The molecule has 1 aromatic rings. The lowest BCUT2D eigenvalue weighted by Gasteiger charge is -2.36. The molecule has 0 spiro atoms. The number of piperidine rings is 1. The minimum Gasteiger partial charge on any atom is -0.329 e. The monoisotopic (exact) mass is 336 g/mol. The quantitative estimate of drug-likeness (QED) is 0.916. The van der Waals surface area contributed by atoms with E-state index in [0.717, 1.165) is 12.8 Å². The largest absolute Gasteiger partial charge is 0.329 e. The van der Waals surface area contributed by atoms with Gasteiger partial charge >= 0.3 is 0 Å². The molecule has 1 heterocycles. The van der Waals surface area contributed by atoms with Crippen molar-refractivity contribution in [1.82, 2.24) is 4.31 Å². The molecule has 0 aliphatic carbocycles. The third kappa shape index (κ3) is 4.64. The fourth-order valence-corrected chi connectivity index (χ4v) is 4.47. The van der Waals surface area contributed by atoms with Crippen LogP contribution in [0.15, 0.2) is 24.3 Å². The fourth-order valence-electron chi connectivity index (χ4n) is 2.68. The summed E-state index contributed by atoms with van der Waals surface area (Å²) in [4.78, 5) is 0. The van der Waals surface area contributed by atoms with Gasteiger partial charge in [0.1, 0.15) is 5.82 Å². The van der Waals surface area contributed by atoms with E-state index in [1.54, 1.807) is 0 Å². The molecule has 2 unspecified atom stereocenters. The van der Waals surface area contributed by atoms with Crippen LogP contribution in [0.3, 0.4) is 0 Å². The second-order valence-corrected chi connectivity index (χ2v) is 7.43. The van der Waals surface area contributed by atoms with Crippen molar-refractivity contribution in [1.29, 1.82) is 0 Å². The van der Waals surface area contributed by atoms with Crippen molar-refractivity contribution < 1.29 is 12.8 Å². The molecule has 7 heteroatoms. The fraction of sp³-hybridized carbons (Fsp3) is 0.571. The standard InChI is InChI=1S/C14H21FN2O2S.ClH/c1-11-6-7-17(14(8-11)9-16)20(18,19)10-12-2-4-13(15)5-3-12;/h2-5,11,14H,6-10,16H2,1H3;1H. The van der Waals surface area contributed by atoms with Gasteiger partial charge in [0.05, 0.1) is 5.75 Å². The van der Waals surface area contributed by atoms with Crippen molar-refractivity contribution in [2.24, 2.45) is 11.7 Å². The Kier molecular flexibility index (Phi) is 6.59. The molecule has 120 valence electrons. The van der Waals surface area contributed by atoms with Crippen LogP contribution >= 0.6 is 12.4 Å². The second-order valence-electron chi connectivity index (χ2n) is 5.51. The molecule has 1 aliphatic rings. The molecule has 1 aliphatic heterocycles. The van der Waals surface area contributed by atoms with E-state index < -0.39 is 10.0 Å². The third-order valence-electron chi connectivity index (χ3n) is 3.82. The van der Waals surface area contributed by atoms with Crippen LogP contribution in [-0.4, -0.2) is 31.9 Å². The predicted octanol–water partition coefficient (Wildman–Crippen LogP) is 2.14. The lowest BCUT2D eigenvalue weighted by molar-refractivity contribution is 0.211. The van der Waals surface area contributed by atoms with Gasteiger partial charge in [-0.15, -0.1) is 12.4 Å². The van der Waals surface area contributed by atoms with E-state index in [-0.39, 0.29) is 30.0 Å². The number of hydrogen-bond acceptors (Lipinski definition) is 3. The summed E-state index contributed by atoms with van der Waals surface area (Å²) in [6.45, 7) is 2.98. The summed E-state index contributed by atoms with van der Waals surface area (Å²) in [5, 5.41) is 0. The summed E-state index contributed by atoms with van der Waals surface area (Å²) in [6, 6.07) is 5.46. The van der Waals surface area contributed by atoms with Crippen molar-refractivity contribution in [2.45, 2.75) is 31.6 Å². The van der Waals surface area contributed by atoms with E-state index in [4.69, 9.17) is 5.73 Å². The van der Waals surface area contributed by atoms with Gasteiger partial charge in [0.25, 0.3) is 0 Å². The highest BCUT2D eigenvalue weighted by molar-refractivity contribution is 7.88. The van der Waals surface area contributed by atoms with Gasteiger partial charge in [0, 0.05) is 19.1 Å². The molecule has 2 rings (SSSR count). The topological polar surface area (TPSA) is 63.4 Å². The molecule has 1 saturated heterocycles. The maximum absolute atomic E-state index is 12.9. The van der Waals surface area contributed by atoms with E-state index in [1.165, 1.54) is 28.6 Å². The van der Waals surface area contributed by atoms with Gasteiger partial charge in [-0.25, -0.2) is 12.8 Å². The van der Waals surface area contributed by atoms with Gasteiger partial charge < -0.3 is 5.73 Å². The number of benzene rings is 1. The first-order valence-corrected chi connectivity index (χ1v) is 8.47. The molecular weight excluding hydrogens is 315 g/mol. The minimum absolute atomic E-state index is 0. The Morgan fingerprint density at radius 1 is 1.33 bits per heavy atom. The maximum Gasteiger partial charge on any atom is 0.218 e. The molecule has 0 saturated carbocycles. The van der Waals surface area contributed by atoms with Crippen LogP contribution in [0, 0.1) is 11.7 Å². The van der Waals surface area contributed by atoms with E-state index in [0.29, 0.717) is 24.6 Å². The van der Waals surface area contributed by atoms with E-state index in [1.807, 2.05) is 0 Å². The first-order valence-electron chi connectivity index (χ1n) is 6.86. The molecule has 1 fully saturated rings. The molecular formula is C14H22ClFN2O2S. The van der Waals surface area contributed by atoms with Crippen molar-refractivity contribution in [2.75, 3.05) is 13.1 Å². The van der Waals surface area contributed by atoms with Crippen LogP contribution in [0.25, 0.3) is 0 Å². The maximum atomic E-state index is 12.9. The Hall–Kier alpha value is -0.690. The van der Waals surface area contributed by atoms with E-state index in [9.17, 15) is 12.8 Å². The number of sulfonamides is 1. The zero-order valence-corrected chi connectivity index (χ0v) is 13.7. The Balaban J connectivity index is 0.00000220. The zero-order valence-electron chi connectivity index (χ0n) is 12.0. The average Bonchev–Trinajstić information content (AvgIpc) is 2.40. The van der Waals surface area contributed by atoms with E-state index >= 15 is 0 Å². The van der Waals surface area contributed by atoms with Crippen LogP contribution in [0.4, 0.5) is 4.39 Å². The van der Waals surface area contributed by atoms with E-state index in [2.05, 4.69) is 6.92 Å². The van der Waals surface area contributed by atoms with Crippen LogP contribution in [0.1, 0.15) is 25.3 Å². The lowest BCUT2D eigenvalue weighted by atomic mass is 9.94. The number of halogens is 2. The molecule has 0 radical (unpaired) electrons. The molecule has 2 N–H and O–H groups in total. The number of nitrogens with two attached hydrogens (primary N) is 1. The predicted molar refractivity (Wildman–Crippen MR) is 84.2 cm³/mol. The van der Waals surface area contributed by atoms with Crippen LogP contribution in [0.2, 0.25) is 0 Å². The summed E-state index contributed by atoms with van der Waals surface area (Å²) in [7, 11) is -3.40. The van der Waals surface area contributed by atoms with Crippen molar-refractivity contribution in [3.8, 4) is 0 Å². The number of rotatable bonds is 4. The van der Waals surface area contributed by atoms with Gasteiger partial charge in [0.15, 0.2) is 0 Å². The molecule has 0 aromatic heterocycles. The average molecular weight is 337 g/mol. The second kappa shape index (κ2) is 7.54. The van der Waals surface area contributed by atoms with Crippen molar-refractivity contribution in [3.63, 3.8) is 0 Å². The van der Waals surface area contributed by atoms with Crippen LogP contribution < -0.4 is 5.73 Å². The van der Waals surface area contributed by atoms with Gasteiger partial charge in [-0.1, -0.05) is 19.1 Å². The SMILES string of the molecule is CC1CCN(S(=O)(=O)Cc2ccc(F)cc2)C(CN)C1.Cl. The Labute approximate surface area is 132 Å². The summed E-state index contributed by atoms with van der Waals surface area (Å²) in [5.41, 5.74) is 6.31. The van der Waals surface area contributed by atoms with Crippen LogP contribution in [0.5, 0.6) is 0 Å². The first kappa shape index (κ1) is 18.4. The minimum atomic E-state index is -3.40. The molecule has 4 nitrogen and oxygen atoms in total. The van der Waals surface area contributed by atoms with Gasteiger partial charge in [0.2, 0.25) is 10.0 Å². The van der Waals surface area contributed by atoms with Crippen molar-refractivity contribution in [3.05, 3.63) is 35.6 Å². The highest BCUT2D eigenvalue weighted by Crippen LogP contribution is 2.26. The smallest absolute Gasteiger partial charge is 0.218 e. The summed E-state index contributed by atoms with van der Waals surface area (Å²) in [5.74, 6) is 0.0385. The summed E-state index contributed by atoms with van der Waals surface area (Å²) in [6.07, 6.45) is 1.66.